The van der Waals surface area contributed by atoms with Crippen LogP contribution >= 0.6 is 0 Å². The van der Waals surface area contributed by atoms with Gasteiger partial charge in [0.1, 0.15) is 12.3 Å². The highest BCUT2D eigenvalue weighted by Gasteiger charge is 2.30. The average Bonchev–Trinajstić information content (AvgIpc) is 2.38. The lowest BCUT2D eigenvalue weighted by Gasteiger charge is -2.25. The Morgan fingerprint density at radius 2 is 1.85 bits per heavy atom. The monoisotopic (exact) mass is 279 g/mol. The fourth-order valence-electron chi connectivity index (χ4n) is 1.72. The van der Waals surface area contributed by atoms with Crippen molar-refractivity contribution in [3.05, 3.63) is 29.8 Å². The Hall–Kier alpha value is -2.04. The molecule has 0 unspecified atom stereocenters. The Morgan fingerprint density at radius 3 is 2.35 bits per heavy atom. The Bertz CT molecular complexity index is 465. The summed E-state index contributed by atoms with van der Waals surface area (Å²) in [7, 11) is 0. The second kappa shape index (κ2) is 6.93. The van der Waals surface area contributed by atoms with Crippen molar-refractivity contribution in [1.29, 1.82) is 0 Å². The van der Waals surface area contributed by atoms with E-state index in [1.807, 2.05) is 24.3 Å². The molecule has 0 aliphatic rings. The number of carboxylic acid groups (broad SMARTS) is 1. The zero-order valence-electron chi connectivity index (χ0n) is 12.1. The Morgan fingerprint density at radius 1 is 1.25 bits per heavy atom. The number of hydrogen-bond donors (Lipinski definition) is 2. The van der Waals surface area contributed by atoms with Crippen LogP contribution in [0.15, 0.2) is 24.3 Å². The first-order chi connectivity index (χ1) is 9.35. The van der Waals surface area contributed by atoms with Crippen LogP contribution in [0.5, 0.6) is 5.75 Å². The highest BCUT2D eigenvalue weighted by atomic mass is 16.5. The van der Waals surface area contributed by atoms with Crippen LogP contribution in [0.1, 0.15) is 32.8 Å². The van der Waals surface area contributed by atoms with E-state index >= 15 is 0 Å². The van der Waals surface area contributed by atoms with E-state index in [9.17, 15) is 9.59 Å². The maximum absolute atomic E-state index is 11.8. The van der Waals surface area contributed by atoms with E-state index in [0.717, 1.165) is 12.8 Å². The van der Waals surface area contributed by atoms with Crippen LogP contribution < -0.4 is 10.1 Å². The molecule has 0 fully saturated rings. The highest BCUT2D eigenvalue weighted by Crippen LogP contribution is 2.19. The molecular formula is C15H21NO4. The smallest absolute Gasteiger partial charge is 0.322 e. The number of carboxylic acids is 1. The van der Waals surface area contributed by atoms with Gasteiger partial charge in [-0.25, -0.2) is 0 Å². The summed E-state index contributed by atoms with van der Waals surface area (Å²) in [6.45, 7) is 4.90. The molecule has 0 heterocycles. The minimum atomic E-state index is -1.12. The molecular weight excluding hydrogens is 258 g/mol. The van der Waals surface area contributed by atoms with Gasteiger partial charge in [0, 0.05) is 0 Å². The lowest BCUT2D eigenvalue weighted by atomic mass is 10.1. The third kappa shape index (κ3) is 4.91. The molecule has 0 radical (unpaired) electrons. The normalized spacial score (nSPS) is 10.9. The number of nitrogens with one attached hydrogen (secondary N) is 1. The molecule has 0 aromatic heterocycles. The molecule has 1 amide bonds. The number of hydrogen-bond acceptors (Lipinski definition) is 3. The number of benzene rings is 1. The Labute approximate surface area is 118 Å². The summed E-state index contributed by atoms with van der Waals surface area (Å²) < 4.78 is 5.62. The maximum atomic E-state index is 11.8. The van der Waals surface area contributed by atoms with E-state index in [0.29, 0.717) is 5.75 Å². The molecule has 2 N–H and O–H groups in total. The highest BCUT2D eigenvalue weighted by molar-refractivity contribution is 5.87. The standard InChI is InChI=1S/C15H21NO4/c1-4-5-11-6-8-12(9-7-11)20-15(2,3)14(19)16-10-13(17)18/h6-9H,4-5,10H2,1-3H3,(H,16,19)(H,17,18). The van der Waals surface area contributed by atoms with Crippen LogP contribution in [0.3, 0.4) is 0 Å². The lowest BCUT2D eigenvalue weighted by molar-refractivity contribution is -0.141. The van der Waals surface area contributed by atoms with Crippen LogP contribution in [-0.4, -0.2) is 29.1 Å². The molecule has 0 saturated heterocycles. The van der Waals surface area contributed by atoms with Crippen molar-refractivity contribution in [2.45, 2.75) is 39.2 Å². The van der Waals surface area contributed by atoms with E-state index < -0.39 is 24.0 Å². The summed E-state index contributed by atoms with van der Waals surface area (Å²) in [5, 5.41) is 10.9. The third-order valence-electron chi connectivity index (χ3n) is 2.78. The minimum Gasteiger partial charge on any atom is -0.480 e. The second-order valence-electron chi connectivity index (χ2n) is 5.08. The van der Waals surface area contributed by atoms with Crippen molar-refractivity contribution in [3.8, 4) is 5.75 Å². The van der Waals surface area contributed by atoms with Gasteiger partial charge in [-0.3, -0.25) is 9.59 Å². The molecule has 5 nitrogen and oxygen atoms in total. The minimum absolute atomic E-state index is 0.416. The molecule has 0 aliphatic carbocycles. The van der Waals surface area contributed by atoms with Crippen molar-refractivity contribution in [2.24, 2.45) is 0 Å². The van der Waals surface area contributed by atoms with Crippen molar-refractivity contribution in [3.63, 3.8) is 0 Å². The van der Waals surface area contributed by atoms with Gasteiger partial charge in [0.2, 0.25) is 0 Å². The molecule has 0 atom stereocenters. The van der Waals surface area contributed by atoms with E-state index in [1.165, 1.54) is 5.56 Å². The summed E-state index contributed by atoms with van der Waals surface area (Å²) in [4.78, 5) is 22.3. The average molecular weight is 279 g/mol. The zero-order chi connectivity index (χ0) is 15.2. The van der Waals surface area contributed by atoms with Gasteiger partial charge in [-0.15, -0.1) is 0 Å². The van der Waals surface area contributed by atoms with Crippen molar-refractivity contribution < 1.29 is 19.4 Å². The van der Waals surface area contributed by atoms with Gasteiger partial charge in [0.25, 0.3) is 5.91 Å². The van der Waals surface area contributed by atoms with Crippen LogP contribution in [0, 0.1) is 0 Å². The van der Waals surface area contributed by atoms with E-state index in [4.69, 9.17) is 9.84 Å². The van der Waals surface area contributed by atoms with Gasteiger partial charge in [0.15, 0.2) is 5.60 Å². The SMILES string of the molecule is CCCc1ccc(OC(C)(C)C(=O)NCC(=O)O)cc1. The quantitative estimate of drug-likeness (QED) is 0.800. The fraction of sp³-hybridized carbons (Fsp3) is 0.467. The van der Waals surface area contributed by atoms with Crippen molar-refractivity contribution in [2.75, 3.05) is 6.54 Å². The molecule has 20 heavy (non-hydrogen) atoms. The zero-order valence-corrected chi connectivity index (χ0v) is 12.1. The van der Waals surface area contributed by atoms with Crippen molar-refractivity contribution in [1.82, 2.24) is 5.32 Å². The van der Waals surface area contributed by atoms with Crippen LogP contribution in [0.2, 0.25) is 0 Å². The predicted octanol–water partition coefficient (Wildman–Crippen LogP) is 2.00. The van der Waals surface area contributed by atoms with Crippen LogP contribution in [0.25, 0.3) is 0 Å². The topological polar surface area (TPSA) is 75.6 Å². The molecule has 0 bridgehead atoms. The molecule has 0 aliphatic heterocycles. The number of rotatable bonds is 7. The van der Waals surface area contributed by atoms with Gasteiger partial charge >= 0.3 is 5.97 Å². The summed E-state index contributed by atoms with van der Waals surface area (Å²) in [6.07, 6.45) is 2.08. The van der Waals surface area contributed by atoms with Gasteiger partial charge in [-0.2, -0.15) is 0 Å². The first-order valence-electron chi connectivity index (χ1n) is 6.63. The largest absolute Gasteiger partial charge is 0.480 e. The summed E-state index contributed by atoms with van der Waals surface area (Å²) in [5.74, 6) is -0.962. The number of carbonyl (C=O) groups excluding carboxylic acids is 1. The number of ether oxygens (including phenoxy) is 1. The van der Waals surface area contributed by atoms with Gasteiger partial charge < -0.3 is 15.2 Å². The van der Waals surface area contributed by atoms with E-state index in [2.05, 4.69) is 12.2 Å². The lowest BCUT2D eigenvalue weighted by Crippen LogP contribution is -2.47. The Balaban J connectivity index is 2.64. The molecule has 0 spiro atoms. The number of carbonyl (C=O) groups is 2. The fourth-order valence-corrected chi connectivity index (χ4v) is 1.72. The van der Waals surface area contributed by atoms with E-state index in [-0.39, 0.29) is 0 Å². The Kier molecular flexibility index (Phi) is 5.55. The van der Waals surface area contributed by atoms with Crippen molar-refractivity contribution >= 4 is 11.9 Å². The van der Waals surface area contributed by atoms with Gasteiger partial charge in [-0.1, -0.05) is 25.5 Å². The third-order valence-corrected chi connectivity index (χ3v) is 2.78. The first-order valence-corrected chi connectivity index (χ1v) is 6.63. The second-order valence-corrected chi connectivity index (χ2v) is 5.08. The molecule has 5 heteroatoms. The molecule has 1 aromatic carbocycles. The van der Waals surface area contributed by atoms with Gasteiger partial charge in [-0.05, 0) is 38.0 Å². The van der Waals surface area contributed by atoms with Gasteiger partial charge in [0.05, 0.1) is 0 Å². The van der Waals surface area contributed by atoms with Crippen LogP contribution in [0.4, 0.5) is 0 Å². The number of aliphatic carboxylic acids is 1. The number of aryl methyl sites for hydroxylation is 1. The number of amides is 1. The molecule has 1 rings (SSSR count). The summed E-state index contributed by atoms with van der Waals surface area (Å²) in [5.41, 5.74) is 0.0924. The van der Waals surface area contributed by atoms with E-state index in [1.54, 1.807) is 13.8 Å². The summed E-state index contributed by atoms with van der Waals surface area (Å²) in [6, 6.07) is 7.56. The molecule has 110 valence electrons. The summed E-state index contributed by atoms with van der Waals surface area (Å²) >= 11 is 0. The maximum Gasteiger partial charge on any atom is 0.322 e. The first kappa shape index (κ1) is 16.0. The molecule has 1 aromatic rings. The molecule has 0 saturated carbocycles. The van der Waals surface area contributed by atoms with Crippen LogP contribution in [-0.2, 0) is 16.0 Å². The predicted molar refractivity (Wildman–Crippen MR) is 75.8 cm³/mol.